The smallest absolute Gasteiger partial charge is 0.411 e. The van der Waals surface area contributed by atoms with Crippen molar-refractivity contribution in [1.82, 2.24) is 4.90 Å². The lowest BCUT2D eigenvalue weighted by Gasteiger charge is -2.35. The van der Waals surface area contributed by atoms with E-state index in [9.17, 15) is 14.7 Å². The number of fused-ring (bicyclic) bond motifs is 1. The number of benzene rings is 1. The molecule has 1 aromatic rings. The van der Waals surface area contributed by atoms with Crippen molar-refractivity contribution in [3.8, 4) is 5.75 Å². The molecule has 1 N–H and O–H groups in total. The van der Waals surface area contributed by atoms with Crippen molar-refractivity contribution >= 4 is 12.1 Å². The van der Waals surface area contributed by atoms with Crippen LogP contribution in [0.5, 0.6) is 5.75 Å². The van der Waals surface area contributed by atoms with Gasteiger partial charge in [0, 0.05) is 6.54 Å². The maximum atomic E-state index is 12.3. The minimum atomic E-state index is -1.07. The first-order chi connectivity index (χ1) is 10.2. The molecular formula is C16H21NO5. The Balaban J connectivity index is 2.34. The zero-order valence-corrected chi connectivity index (χ0v) is 13.3. The number of carbonyl (C=O) groups excluding carboxylic acids is 1. The van der Waals surface area contributed by atoms with E-state index < -0.39 is 23.7 Å². The molecular weight excluding hydrogens is 286 g/mol. The number of carbonyl (C=O) groups is 2. The van der Waals surface area contributed by atoms with Crippen LogP contribution in [0.15, 0.2) is 18.2 Å². The van der Waals surface area contributed by atoms with Crippen LogP contribution in [0.1, 0.15) is 37.9 Å². The number of carboxylic acid groups (broad SMARTS) is 1. The molecule has 22 heavy (non-hydrogen) atoms. The minimum absolute atomic E-state index is 0.298. The molecule has 0 spiro atoms. The second kappa shape index (κ2) is 5.87. The highest BCUT2D eigenvalue weighted by molar-refractivity contribution is 5.82. The maximum absolute atomic E-state index is 12.3. The van der Waals surface area contributed by atoms with Crippen molar-refractivity contribution in [1.29, 1.82) is 0 Å². The van der Waals surface area contributed by atoms with Gasteiger partial charge in [0.1, 0.15) is 11.4 Å². The van der Waals surface area contributed by atoms with Gasteiger partial charge >= 0.3 is 12.1 Å². The van der Waals surface area contributed by atoms with E-state index in [-0.39, 0.29) is 0 Å². The number of ether oxygens (including phenoxy) is 2. The third kappa shape index (κ3) is 3.32. The van der Waals surface area contributed by atoms with Crippen LogP contribution in [-0.2, 0) is 16.0 Å². The van der Waals surface area contributed by atoms with Gasteiger partial charge in [0.2, 0.25) is 0 Å². The Morgan fingerprint density at radius 2 is 2.00 bits per heavy atom. The van der Waals surface area contributed by atoms with E-state index in [2.05, 4.69) is 0 Å². The Kier molecular flexibility index (Phi) is 4.30. The number of nitrogens with zero attached hydrogens (tertiary/aromatic N) is 1. The SMILES string of the molecule is COc1ccc2c(c1)CCN(C(=O)OC(C)(C)C)C2C(=O)O. The molecule has 0 bridgehead atoms. The highest BCUT2D eigenvalue weighted by Crippen LogP contribution is 2.33. The van der Waals surface area contributed by atoms with Crippen molar-refractivity contribution in [2.24, 2.45) is 0 Å². The topological polar surface area (TPSA) is 76.1 Å². The monoisotopic (exact) mass is 307 g/mol. The zero-order chi connectivity index (χ0) is 16.5. The molecule has 6 nitrogen and oxygen atoms in total. The van der Waals surface area contributed by atoms with Crippen molar-refractivity contribution in [2.45, 2.75) is 38.8 Å². The Morgan fingerprint density at radius 1 is 1.32 bits per heavy atom. The van der Waals surface area contributed by atoms with E-state index in [0.717, 1.165) is 5.56 Å². The summed E-state index contributed by atoms with van der Waals surface area (Å²) < 4.78 is 10.5. The lowest BCUT2D eigenvalue weighted by atomic mass is 9.92. The highest BCUT2D eigenvalue weighted by Gasteiger charge is 2.38. The van der Waals surface area contributed by atoms with Crippen molar-refractivity contribution < 1.29 is 24.2 Å². The van der Waals surface area contributed by atoms with E-state index in [1.54, 1.807) is 40.0 Å². The quantitative estimate of drug-likeness (QED) is 0.909. The Hall–Kier alpha value is -2.24. The van der Waals surface area contributed by atoms with Gasteiger partial charge in [0.25, 0.3) is 0 Å². The molecule has 0 saturated heterocycles. The molecule has 6 heteroatoms. The molecule has 1 heterocycles. The molecule has 0 aromatic heterocycles. The predicted octanol–water partition coefficient (Wildman–Crippen LogP) is 2.61. The molecule has 1 aromatic carbocycles. The largest absolute Gasteiger partial charge is 0.497 e. The molecule has 0 radical (unpaired) electrons. The zero-order valence-electron chi connectivity index (χ0n) is 13.3. The molecule has 1 amide bonds. The number of hydrogen-bond acceptors (Lipinski definition) is 4. The summed E-state index contributed by atoms with van der Waals surface area (Å²) in [7, 11) is 1.56. The molecule has 0 fully saturated rings. The third-order valence-electron chi connectivity index (χ3n) is 3.44. The summed E-state index contributed by atoms with van der Waals surface area (Å²) >= 11 is 0. The highest BCUT2D eigenvalue weighted by atomic mass is 16.6. The summed E-state index contributed by atoms with van der Waals surface area (Å²) in [5.41, 5.74) is 0.817. The van der Waals surface area contributed by atoms with Crippen LogP contribution in [0.2, 0.25) is 0 Å². The van der Waals surface area contributed by atoms with E-state index in [4.69, 9.17) is 9.47 Å². The minimum Gasteiger partial charge on any atom is -0.497 e. The fourth-order valence-corrected chi connectivity index (χ4v) is 2.51. The van der Waals surface area contributed by atoms with Crippen LogP contribution >= 0.6 is 0 Å². The first-order valence-corrected chi connectivity index (χ1v) is 7.12. The van der Waals surface area contributed by atoms with Gasteiger partial charge in [-0.2, -0.15) is 0 Å². The van der Waals surface area contributed by atoms with Crippen molar-refractivity contribution in [3.05, 3.63) is 29.3 Å². The second-order valence-electron chi connectivity index (χ2n) is 6.23. The molecule has 120 valence electrons. The maximum Gasteiger partial charge on any atom is 0.411 e. The normalized spacial score (nSPS) is 17.6. The van der Waals surface area contributed by atoms with Crippen LogP contribution in [0.25, 0.3) is 0 Å². The first kappa shape index (κ1) is 16.1. The van der Waals surface area contributed by atoms with E-state index >= 15 is 0 Å². The predicted molar refractivity (Wildman–Crippen MR) is 80.0 cm³/mol. The lowest BCUT2D eigenvalue weighted by molar-refractivity contribution is -0.143. The van der Waals surface area contributed by atoms with Gasteiger partial charge in [0.05, 0.1) is 7.11 Å². The van der Waals surface area contributed by atoms with Gasteiger partial charge in [-0.3, -0.25) is 4.90 Å². The number of carboxylic acids is 1. The summed E-state index contributed by atoms with van der Waals surface area (Å²) in [5.74, 6) is -0.398. The number of hydrogen-bond donors (Lipinski definition) is 1. The summed E-state index contributed by atoms with van der Waals surface area (Å²) in [5, 5.41) is 9.55. The van der Waals surface area contributed by atoms with E-state index in [1.807, 2.05) is 6.07 Å². The third-order valence-corrected chi connectivity index (χ3v) is 3.44. The van der Waals surface area contributed by atoms with Gasteiger partial charge in [0.15, 0.2) is 6.04 Å². The molecule has 1 aliphatic heterocycles. The second-order valence-corrected chi connectivity index (χ2v) is 6.23. The van der Waals surface area contributed by atoms with Crippen LogP contribution in [0.3, 0.4) is 0 Å². The Bertz CT molecular complexity index is 591. The van der Waals surface area contributed by atoms with Gasteiger partial charge in [-0.15, -0.1) is 0 Å². The Morgan fingerprint density at radius 3 is 2.55 bits per heavy atom. The first-order valence-electron chi connectivity index (χ1n) is 7.12. The van der Waals surface area contributed by atoms with Crippen LogP contribution in [-0.4, -0.2) is 41.3 Å². The summed E-state index contributed by atoms with van der Waals surface area (Å²) in [6.45, 7) is 5.56. The standard InChI is InChI=1S/C16H21NO5/c1-16(2,3)22-15(20)17-8-7-10-9-11(21-4)5-6-12(10)13(17)14(18)19/h5-6,9,13H,7-8H2,1-4H3,(H,18,19). The fraction of sp³-hybridized carbons (Fsp3) is 0.500. The number of methoxy groups -OCH3 is 1. The lowest BCUT2D eigenvalue weighted by Crippen LogP contribution is -2.45. The van der Waals surface area contributed by atoms with Gasteiger partial charge < -0.3 is 14.6 Å². The molecule has 1 aliphatic rings. The molecule has 2 rings (SSSR count). The number of aliphatic carboxylic acids is 1. The fourth-order valence-electron chi connectivity index (χ4n) is 2.51. The van der Waals surface area contributed by atoms with Gasteiger partial charge in [-0.1, -0.05) is 6.07 Å². The van der Waals surface area contributed by atoms with Gasteiger partial charge in [-0.05, 0) is 50.5 Å². The van der Waals surface area contributed by atoms with Crippen molar-refractivity contribution in [3.63, 3.8) is 0 Å². The molecule has 1 atom stereocenters. The Labute approximate surface area is 129 Å². The average molecular weight is 307 g/mol. The molecule has 1 unspecified atom stereocenters. The van der Waals surface area contributed by atoms with Crippen LogP contribution in [0.4, 0.5) is 4.79 Å². The molecule has 0 aliphatic carbocycles. The summed E-state index contributed by atoms with van der Waals surface area (Å²) in [4.78, 5) is 25.2. The van der Waals surface area contributed by atoms with Crippen LogP contribution in [0, 0.1) is 0 Å². The van der Waals surface area contributed by atoms with E-state index in [1.165, 1.54) is 4.90 Å². The summed E-state index contributed by atoms with van der Waals surface area (Å²) in [6.07, 6.45) is -0.0448. The van der Waals surface area contributed by atoms with Gasteiger partial charge in [-0.25, -0.2) is 9.59 Å². The van der Waals surface area contributed by atoms with E-state index in [0.29, 0.717) is 24.3 Å². The van der Waals surface area contributed by atoms with Crippen molar-refractivity contribution in [2.75, 3.05) is 13.7 Å². The van der Waals surface area contributed by atoms with Crippen LogP contribution < -0.4 is 4.74 Å². The summed E-state index contributed by atoms with van der Waals surface area (Å²) in [6, 6.07) is 4.18. The number of rotatable bonds is 2. The molecule has 0 saturated carbocycles. The average Bonchev–Trinajstić information content (AvgIpc) is 2.43. The number of amides is 1.